The van der Waals surface area contributed by atoms with Crippen LogP contribution in [0.15, 0.2) is 61.1 Å². The van der Waals surface area contributed by atoms with E-state index in [1.807, 2.05) is 24.4 Å². The summed E-state index contributed by atoms with van der Waals surface area (Å²) in [5, 5.41) is 7.94. The van der Waals surface area contributed by atoms with Crippen molar-refractivity contribution in [1.82, 2.24) is 24.7 Å². The average molecular weight is 460 g/mol. The number of nitrogens with two attached hydrogens (primary N) is 1. The van der Waals surface area contributed by atoms with E-state index in [4.69, 9.17) is 15.5 Å². The lowest BCUT2D eigenvalue weighted by Gasteiger charge is -2.29. The van der Waals surface area contributed by atoms with Crippen LogP contribution in [-0.4, -0.2) is 43.9 Å². The van der Waals surface area contributed by atoms with Crippen molar-refractivity contribution in [2.24, 2.45) is 5.73 Å². The van der Waals surface area contributed by atoms with Crippen LogP contribution in [-0.2, 0) is 0 Å². The molecule has 4 aromatic rings. The molecule has 1 aliphatic rings. The minimum atomic E-state index is -0.446. The molecule has 1 aromatic carbocycles. The van der Waals surface area contributed by atoms with Gasteiger partial charge in [-0.05, 0) is 43.2 Å². The second-order valence-corrected chi connectivity index (χ2v) is 8.34. The fourth-order valence-electron chi connectivity index (χ4n) is 4.27. The van der Waals surface area contributed by atoms with Crippen molar-refractivity contribution < 1.29 is 9.13 Å². The Labute approximate surface area is 197 Å². The molecule has 0 aliphatic heterocycles. The number of nitrogens with one attached hydrogen (secondary N) is 1. The topological polar surface area (TPSA) is 104 Å². The van der Waals surface area contributed by atoms with Crippen LogP contribution in [0.4, 0.5) is 10.2 Å². The molecule has 174 valence electrons. The molecule has 5 rings (SSSR count). The van der Waals surface area contributed by atoms with E-state index in [2.05, 4.69) is 20.4 Å². The SMILES string of the molecule is COc1cccc(F)c1-c1nccc(-c2cnn(-c3cccc(NC4CCCCC4N)n3)c2)n1. The molecule has 3 N–H and O–H groups in total. The van der Waals surface area contributed by atoms with Gasteiger partial charge in [-0.25, -0.2) is 24.0 Å². The molecule has 1 fully saturated rings. The molecule has 0 radical (unpaired) electrons. The van der Waals surface area contributed by atoms with E-state index < -0.39 is 5.82 Å². The largest absolute Gasteiger partial charge is 0.496 e. The first-order chi connectivity index (χ1) is 16.6. The summed E-state index contributed by atoms with van der Waals surface area (Å²) in [5.74, 6) is 1.62. The first-order valence-corrected chi connectivity index (χ1v) is 11.3. The highest BCUT2D eigenvalue weighted by molar-refractivity contribution is 5.68. The van der Waals surface area contributed by atoms with Gasteiger partial charge in [-0.1, -0.05) is 25.0 Å². The second kappa shape index (κ2) is 9.56. The number of nitrogens with zero attached hydrogens (tertiary/aromatic N) is 5. The summed E-state index contributed by atoms with van der Waals surface area (Å²) in [6.45, 7) is 0. The Morgan fingerprint density at radius 2 is 1.94 bits per heavy atom. The van der Waals surface area contributed by atoms with Gasteiger partial charge in [0.25, 0.3) is 0 Å². The van der Waals surface area contributed by atoms with E-state index in [0.29, 0.717) is 17.3 Å². The standard InChI is InChI=1S/C25H26FN7O/c1-34-21-9-4-6-17(26)24(21)25-28-13-12-19(31-25)16-14-29-33(15-16)23-11-5-10-22(32-23)30-20-8-3-2-7-18(20)27/h4-6,9-15,18,20H,2-3,7-8,27H2,1H3,(H,30,32). The highest BCUT2D eigenvalue weighted by Crippen LogP contribution is 2.31. The Hall–Kier alpha value is -3.85. The maximum absolute atomic E-state index is 14.5. The van der Waals surface area contributed by atoms with Gasteiger partial charge in [-0.15, -0.1) is 0 Å². The van der Waals surface area contributed by atoms with Crippen molar-refractivity contribution in [3.63, 3.8) is 0 Å². The number of halogens is 1. The minimum Gasteiger partial charge on any atom is -0.496 e. The zero-order chi connectivity index (χ0) is 23.5. The predicted molar refractivity (Wildman–Crippen MR) is 128 cm³/mol. The quantitative estimate of drug-likeness (QED) is 0.445. The molecule has 0 bridgehead atoms. The zero-order valence-corrected chi connectivity index (χ0v) is 18.9. The van der Waals surface area contributed by atoms with Crippen molar-refractivity contribution in [1.29, 1.82) is 0 Å². The lowest BCUT2D eigenvalue weighted by molar-refractivity contribution is 0.403. The lowest BCUT2D eigenvalue weighted by Crippen LogP contribution is -2.42. The van der Waals surface area contributed by atoms with Crippen LogP contribution in [0.5, 0.6) is 5.75 Å². The molecule has 2 atom stereocenters. The third kappa shape index (κ3) is 4.47. The number of anilines is 1. The van der Waals surface area contributed by atoms with E-state index in [-0.39, 0.29) is 23.5 Å². The minimum absolute atomic E-state index is 0.135. The van der Waals surface area contributed by atoms with Crippen LogP contribution in [0.1, 0.15) is 25.7 Å². The van der Waals surface area contributed by atoms with Crippen molar-refractivity contribution in [3.8, 4) is 34.2 Å². The van der Waals surface area contributed by atoms with Crippen molar-refractivity contribution in [2.75, 3.05) is 12.4 Å². The summed E-state index contributed by atoms with van der Waals surface area (Å²) in [7, 11) is 1.49. The van der Waals surface area contributed by atoms with E-state index >= 15 is 0 Å². The Bertz CT molecular complexity index is 1290. The molecule has 0 spiro atoms. The van der Waals surface area contributed by atoms with E-state index in [1.165, 1.54) is 26.0 Å². The molecule has 3 heterocycles. The number of pyridine rings is 1. The van der Waals surface area contributed by atoms with E-state index in [1.54, 1.807) is 35.3 Å². The molecule has 1 saturated carbocycles. The van der Waals surface area contributed by atoms with Gasteiger partial charge >= 0.3 is 0 Å². The van der Waals surface area contributed by atoms with Crippen LogP contribution in [0, 0.1) is 5.82 Å². The fraction of sp³-hybridized carbons (Fsp3) is 0.280. The number of hydrogen-bond acceptors (Lipinski definition) is 7. The molecule has 0 amide bonds. The number of ether oxygens (including phenoxy) is 1. The number of methoxy groups -OCH3 is 1. The molecule has 3 aromatic heterocycles. The molecule has 9 heteroatoms. The van der Waals surface area contributed by atoms with Gasteiger partial charge in [0.15, 0.2) is 11.6 Å². The number of hydrogen-bond donors (Lipinski definition) is 2. The Morgan fingerprint density at radius 3 is 2.79 bits per heavy atom. The van der Waals surface area contributed by atoms with Crippen LogP contribution < -0.4 is 15.8 Å². The van der Waals surface area contributed by atoms with Crippen LogP contribution in [0.25, 0.3) is 28.5 Å². The smallest absolute Gasteiger partial charge is 0.166 e. The molecular formula is C25H26FN7O. The summed E-state index contributed by atoms with van der Waals surface area (Å²) in [4.78, 5) is 13.5. The predicted octanol–water partition coefficient (Wildman–Crippen LogP) is 4.22. The van der Waals surface area contributed by atoms with Crippen LogP contribution in [0.3, 0.4) is 0 Å². The summed E-state index contributed by atoms with van der Waals surface area (Å²) >= 11 is 0. The Morgan fingerprint density at radius 1 is 1.09 bits per heavy atom. The highest BCUT2D eigenvalue weighted by atomic mass is 19.1. The van der Waals surface area contributed by atoms with Gasteiger partial charge in [-0.2, -0.15) is 5.10 Å². The summed E-state index contributed by atoms with van der Waals surface area (Å²) in [6.07, 6.45) is 9.55. The van der Waals surface area contributed by atoms with Gasteiger partial charge in [0.1, 0.15) is 17.4 Å². The summed E-state index contributed by atoms with van der Waals surface area (Å²) in [5.41, 5.74) is 7.87. The van der Waals surface area contributed by atoms with Crippen molar-refractivity contribution >= 4 is 5.82 Å². The van der Waals surface area contributed by atoms with Gasteiger partial charge in [0.2, 0.25) is 0 Å². The number of rotatable bonds is 6. The first kappa shape index (κ1) is 22.0. The molecule has 34 heavy (non-hydrogen) atoms. The van der Waals surface area contributed by atoms with Gasteiger partial charge in [-0.3, -0.25) is 0 Å². The molecule has 1 aliphatic carbocycles. The van der Waals surface area contributed by atoms with Gasteiger partial charge < -0.3 is 15.8 Å². The van der Waals surface area contributed by atoms with Gasteiger partial charge in [0.05, 0.1) is 24.6 Å². The second-order valence-electron chi connectivity index (χ2n) is 8.34. The molecular weight excluding hydrogens is 433 g/mol. The number of benzene rings is 1. The van der Waals surface area contributed by atoms with Crippen molar-refractivity contribution in [3.05, 3.63) is 66.9 Å². The number of aromatic nitrogens is 5. The third-order valence-electron chi connectivity index (χ3n) is 6.07. The summed E-state index contributed by atoms with van der Waals surface area (Å²) < 4.78 is 21.5. The van der Waals surface area contributed by atoms with E-state index in [0.717, 1.165) is 24.2 Å². The maximum atomic E-state index is 14.5. The summed E-state index contributed by atoms with van der Waals surface area (Å²) in [6, 6.07) is 12.5. The molecule has 2 unspecified atom stereocenters. The van der Waals surface area contributed by atoms with E-state index in [9.17, 15) is 4.39 Å². The fourth-order valence-corrected chi connectivity index (χ4v) is 4.27. The monoisotopic (exact) mass is 459 g/mol. The first-order valence-electron chi connectivity index (χ1n) is 11.3. The van der Waals surface area contributed by atoms with Crippen molar-refractivity contribution in [2.45, 2.75) is 37.8 Å². The Kier molecular flexibility index (Phi) is 6.18. The molecule has 0 saturated heterocycles. The lowest BCUT2D eigenvalue weighted by atomic mass is 9.91. The zero-order valence-electron chi connectivity index (χ0n) is 18.9. The Balaban J connectivity index is 1.41. The van der Waals surface area contributed by atoms with Gasteiger partial charge in [0, 0.05) is 30.0 Å². The molecule has 8 nitrogen and oxygen atoms in total. The third-order valence-corrected chi connectivity index (χ3v) is 6.07. The van der Waals surface area contributed by atoms with Crippen LogP contribution >= 0.6 is 0 Å². The van der Waals surface area contributed by atoms with Crippen LogP contribution in [0.2, 0.25) is 0 Å². The maximum Gasteiger partial charge on any atom is 0.166 e. The normalized spacial score (nSPS) is 18.0. The highest BCUT2D eigenvalue weighted by Gasteiger charge is 2.22. The average Bonchev–Trinajstić information content (AvgIpc) is 3.36.